The minimum atomic E-state index is 0.311. The first-order chi connectivity index (χ1) is 5.88. The zero-order chi connectivity index (χ0) is 8.81. The van der Waals surface area contributed by atoms with E-state index in [9.17, 15) is 0 Å². The predicted octanol–water partition coefficient (Wildman–Crippen LogP) is 2.40. The molecule has 1 atom stereocenters. The quantitative estimate of drug-likeness (QED) is 0.548. The van der Waals surface area contributed by atoms with Gasteiger partial charge in [0, 0.05) is 5.92 Å². The number of rotatable bonds is 2. The van der Waals surface area contributed by atoms with Gasteiger partial charge in [-0.3, -0.25) is 0 Å². The maximum atomic E-state index is 6.78. The van der Waals surface area contributed by atoms with Crippen molar-refractivity contribution in [1.82, 2.24) is 0 Å². The summed E-state index contributed by atoms with van der Waals surface area (Å²) in [6.45, 7) is 14.6. The summed E-state index contributed by atoms with van der Waals surface area (Å²) >= 11 is 0. The average molecular weight is 160 g/mol. The fourth-order valence-electron chi connectivity index (χ4n) is 1.60. The van der Waals surface area contributed by atoms with Crippen molar-refractivity contribution in [3.8, 4) is 0 Å². The molecule has 0 saturated heterocycles. The van der Waals surface area contributed by atoms with Gasteiger partial charge in [-0.2, -0.15) is 0 Å². The highest BCUT2D eigenvalue weighted by molar-refractivity contribution is 5.11. The van der Waals surface area contributed by atoms with E-state index in [0.717, 1.165) is 12.8 Å². The third-order valence-electron chi connectivity index (χ3n) is 2.25. The van der Waals surface area contributed by atoms with Crippen molar-refractivity contribution in [1.29, 1.82) is 0 Å². The Bertz CT molecular complexity index is 185. The van der Waals surface area contributed by atoms with E-state index in [1.807, 2.05) is 0 Å². The van der Waals surface area contributed by atoms with Crippen LogP contribution in [0.15, 0.2) is 0 Å². The van der Waals surface area contributed by atoms with E-state index in [0.29, 0.717) is 19.0 Å². The zero-order valence-corrected chi connectivity index (χ0v) is 7.08. The molecule has 0 amide bonds. The number of nitrogens with zero attached hydrogens (tertiary/aromatic N) is 2. The Labute approximate surface area is 74.2 Å². The van der Waals surface area contributed by atoms with E-state index in [1.54, 1.807) is 0 Å². The molecule has 0 aromatic rings. The SMILES string of the molecule is [C-]#[N+]C[C]1CCC[CH]C1C[N+]#[C-]. The van der Waals surface area contributed by atoms with Crippen LogP contribution >= 0.6 is 0 Å². The summed E-state index contributed by atoms with van der Waals surface area (Å²) < 4.78 is 0. The molecule has 1 rings (SSSR count). The monoisotopic (exact) mass is 160 g/mol. The Morgan fingerprint density at radius 2 is 2.25 bits per heavy atom. The summed E-state index contributed by atoms with van der Waals surface area (Å²) in [6, 6.07) is 0. The molecule has 0 spiro atoms. The molecule has 2 nitrogen and oxygen atoms in total. The minimum Gasteiger partial charge on any atom is -0.317 e. The minimum absolute atomic E-state index is 0.311. The third-order valence-corrected chi connectivity index (χ3v) is 2.25. The Hall–Kier alpha value is -1.02. The van der Waals surface area contributed by atoms with Crippen molar-refractivity contribution in [2.75, 3.05) is 13.1 Å². The second-order valence-electron chi connectivity index (χ2n) is 3.05. The van der Waals surface area contributed by atoms with Gasteiger partial charge in [0.25, 0.3) is 0 Å². The van der Waals surface area contributed by atoms with Gasteiger partial charge in [-0.1, -0.05) is 6.42 Å². The molecular weight excluding hydrogens is 148 g/mol. The summed E-state index contributed by atoms with van der Waals surface area (Å²) in [4.78, 5) is 6.77. The smallest absolute Gasteiger partial charge is 0.221 e. The van der Waals surface area contributed by atoms with E-state index < -0.39 is 0 Å². The molecule has 1 aliphatic rings. The third kappa shape index (κ3) is 2.24. The van der Waals surface area contributed by atoms with Crippen LogP contribution in [0.3, 0.4) is 0 Å². The summed E-state index contributed by atoms with van der Waals surface area (Å²) in [5.74, 6) is 1.58. The molecule has 0 aromatic carbocycles. The lowest BCUT2D eigenvalue weighted by molar-refractivity contribution is 0.507. The fraction of sp³-hybridized carbons (Fsp3) is 0.600. The summed E-state index contributed by atoms with van der Waals surface area (Å²) in [5.41, 5.74) is 0. The van der Waals surface area contributed by atoms with Crippen LogP contribution < -0.4 is 0 Å². The molecule has 0 bridgehead atoms. The molecule has 0 aliphatic heterocycles. The maximum absolute atomic E-state index is 6.78. The summed E-state index contributed by atoms with van der Waals surface area (Å²) in [7, 11) is 0. The molecule has 2 heteroatoms. The highest BCUT2D eigenvalue weighted by atomic mass is 14.7. The highest BCUT2D eigenvalue weighted by Crippen LogP contribution is 2.31. The van der Waals surface area contributed by atoms with Crippen LogP contribution in [0.5, 0.6) is 0 Å². The van der Waals surface area contributed by atoms with Crippen LogP contribution in [0.2, 0.25) is 0 Å². The zero-order valence-electron chi connectivity index (χ0n) is 7.08. The number of hydrogen-bond acceptors (Lipinski definition) is 0. The fourth-order valence-corrected chi connectivity index (χ4v) is 1.60. The summed E-state index contributed by atoms with van der Waals surface area (Å²) in [6.07, 6.45) is 5.53. The Morgan fingerprint density at radius 3 is 2.92 bits per heavy atom. The Balaban J connectivity index is 2.44. The second-order valence-corrected chi connectivity index (χ2v) is 3.05. The van der Waals surface area contributed by atoms with Gasteiger partial charge in [-0.05, 0) is 19.3 Å². The normalized spacial score (nSPS) is 24.3. The van der Waals surface area contributed by atoms with Crippen molar-refractivity contribution in [3.05, 3.63) is 35.2 Å². The average Bonchev–Trinajstić information content (AvgIpc) is 2.09. The molecule has 12 heavy (non-hydrogen) atoms. The van der Waals surface area contributed by atoms with Gasteiger partial charge in [0.15, 0.2) is 0 Å². The van der Waals surface area contributed by atoms with Crippen molar-refractivity contribution in [2.45, 2.75) is 19.3 Å². The first-order valence-corrected chi connectivity index (χ1v) is 4.23. The lowest BCUT2D eigenvalue weighted by atomic mass is 9.79. The topological polar surface area (TPSA) is 8.72 Å². The molecule has 1 unspecified atom stereocenters. The lowest BCUT2D eigenvalue weighted by Gasteiger charge is -2.22. The van der Waals surface area contributed by atoms with Crippen LogP contribution in [0.25, 0.3) is 9.69 Å². The molecule has 62 valence electrons. The van der Waals surface area contributed by atoms with Crippen LogP contribution in [0.4, 0.5) is 0 Å². The molecular formula is C10H12N2. The van der Waals surface area contributed by atoms with Crippen molar-refractivity contribution in [3.63, 3.8) is 0 Å². The van der Waals surface area contributed by atoms with Gasteiger partial charge in [0.05, 0.1) is 5.92 Å². The van der Waals surface area contributed by atoms with Gasteiger partial charge < -0.3 is 9.69 Å². The van der Waals surface area contributed by atoms with Gasteiger partial charge in [0.1, 0.15) is 0 Å². The van der Waals surface area contributed by atoms with Crippen LogP contribution in [-0.2, 0) is 0 Å². The van der Waals surface area contributed by atoms with E-state index in [1.165, 1.54) is 12.3 Å². The maximum Gasteiger partial charge on any atom is 0.221 e. The van der Waals surface area contributed by atoms with Crippen LogP contribution in [-0.4, -0.2) is 13.1 Å². The first kappa shape index (κ1) is 9.07. The van der Waals surface area contributed by atoms with E-state index in [-0.39, 0.29) is 0 Å². The lowest BCUT2D eigenvalue weighted by Crippen LogP contribution is -2.22. The molecule has 2 radical (unpaired) electrons. The molecule has 1 saturated carbocycles. The van der Waals surface area contributed by atoms with Gasteiger partial charge in [0.2, 0.25) is 13.1 Å². The predicted molar refractivity (Wildman–Crippen MR) is 47.8 cm³/mol. The highest BCUT2D eigenvalue weighted by Gasteiger charge is 2.30. The Kier molecular flexibility index (Phi) is 3.61. The van der Waals surface area contributed by atoms with Gasteiger partial charge in [-0.25, -0.2) is 13.1 Å². The molecule has 0 aromatic heterocycles. The van der Waals surface area contributed by atoms with Crippen LogP contribution in [0.1, 0.15) is 19.3 Å². The van der Waals surface area contributed by atoms with Gasteiger partial charge >= 0.3 is 0 Å². The molecule has 0 N–H and O–H groups in total. The van der Waals surface area contributed by atoms with Gasteiger partial charge in [-0.15, -0.1) is 0 Å². The second kappa shape index (κ2) is 4.78. The van der Waals surface area contributed by atoms with Crippen molar-refractivity contribution < 1.29 is 0 Å². The van der Waals surface area contributed by atoms with E-state index in [4.69, 9.17) is 13.1 Å². The summed E-state index contributed by atoms with van der Waals surface area (Å²) in [5, 5.41) is 0. The molecule has 1 aliphatic carbocycles. The number of hydrogen-bond donors (Lipinski definition) is 0. The van der Waals surface area contributed by atoms with Crippen molar-refractivity contribution in [2.24, 2.45) is 5.92 Å². The standard InChI is InChI=1S/C10H12N2/c1-11-7-9-5-3-4-6-10(9)8-12-2/h5,9H,3-4,6-8H2. The van der Waals surface area contributed by atoms with E-state index >= 15 is 0 Å². The van der Waals surface area contributed by atoms with Crippen LogP contribution in [0, 0.1) is 31.4 Å². The van der Waals surface area contributed by atoms with Crippen molar-refractivity contribution >= 4 is 0 Å². The van der Waals surface area contributed by atoms with E-state index in [2.05, 4.69) is 16.1 Å². The first-order valence-electron chi connectivity index (χ1n) is 4.23. The Morgan fingerprint density at radius 1 is 1.42 bits per heavy atom. The largest absolute Gasteiger partial charge is 0.317 e. The molecule has 0 heterocycles. The molecule has 1 fully saturated rings.